The molecule has 0 amide bonds. The number of phenolic OH excluding ortho intramolecular Hbond substituents is 1. The number of hydrogen-bond donors (Lipinski definition) is 1. The lowest BCUT2D eigenvalue weighted by Crippen LogP contribution is -2.58. The van der Waals surface area contributed by atoms with Crippen molar-refractivity contribution in [3.8, 4) is 11.5 Å². The van der Waals surface area contributed by atoms with Crippen molar-refractivity contribution in [1.82, 2.24) is 0 Å². The number of non-ortho nitro benzene ring substituents is 1. The molecule has 146 valence electrons. The number of rotatable bonds is 2. The van der Waals surface area contributed by atoms with E-state index in [1.165, 1.54) is 17.2 Å². The smallest absolute Gasteiger partial charge is 0.274 e. The van der Waals surface area contributed by atoms with Gasteiger partial charge in [-0.25, -0.2) is 0 Å². The molecule has 0 bridgehead atoms. The molecule has 6 nitrogen and oxygen atoms in total. The maximum atomic E-state index is 11.1. The molecule has 2 aliphatic rings. The first-order chi connectivity index (χ1) is 13.1. The third-order valence-electron chi connectivity index (χ3n) is 6.16. The Morgan fingerprint density at radius 1 is 1.21 bits per heavy atom. The Morgan fingerprint density at radius 3 is 2.57 bits per heavy atom. The zero-order valence-electron chi connectivity index (χ0n) is 16.7. The fourth-order valence-electron chi connectivity index (χ4n) is 4.37. The van der Waals surface area contributed by atoms with Gasteiger partial charge in [0.25, 0.3) is 5.69 Å². The van der Waals surface area contributed by atoms with Gasteiger partial charge >= 0.3 is 0 Å². The molecule has 1 N–H and O–H groups in total. The van der Waals surface area contributed by atoms with Crippen LogP contribution in [0.5, 0.6) is 11.5 Å². The van der Waals surface area contributed by atoms with E-state index in [0.29, 0.717) is 11.5 Å². The number of aromatic hydroxyl groups is 1. The Bertz CT molecular complexity index is 1030. The second-order valence-corrected chi connectivity index (χ2v) is 8.39. The molecule has 6 heteroatoms. The van der Waals surface area contributed by atoms with Crippen LogP contribution in [0.25, 0.3) is 6.08 Å². The summed E-state index contributed by atoms with van der Waals surface area (Å²) in [5.74, 6) is 0.456. The Kier molecular flexibility index (Phi) is 3.76. The maximum Gasteiger partial charge on any atom is 0.274 e. The highest BCUT2D eigenvalue weighted by atomic mass is 16.6. The van der Waals surface area contributed by atoms with Crippen molar-refractivity contribution in [2.45, 2.75) is 44.8 Å². The van der Waals surface area contributed by atoms with Crippen LogP contribution in [-0.4, -0.2) is 22.8 Å². The molecule has 2 aliphatic heterocycles. The molecular weight excluding hydrogens is 356 g/mol. The molecule has 2 aromatic carbocycles. The van der Waals surface area contributed by atoms with Gasteiger partial charge in [-0.3, -0.25) is 10.1 Å². The Hall–Kier alpha value is -3.02. The number of benzene rings is 2. The lowest BCUT2D eigenvalue weighted by molar-refractivity contribution is -0.385. The van der Waals surface area contributed by atoms with E-state index in [9.17, 15) is 15.2 Å². The van der Waals surface area contributed by atoms with Crippen LogP contribution >= 0.6 is 0 Å². The number of nitrogens with zero attached hydrogens (tertiary/aromatic N) is 2. The van der Waals surface area contributed by atoms with E-state index in [0.717, 1.165) is 11.8 Å². The van der Waals surface area contributed by atoms with E-state index in [4.69, 9.17) is 4.74 Å². The second kappa shape index (κ2) is 5.74. The quantitative estimate of drug-likeness (QED) is 0.589. The van der Waals surface area contributed by atoms with Crippen LogP contribution in [-0.2, 0) is 5.41 Å². The third-order valence-corrected chi connectivity index (χ3v) is 6.16. The highest BCUT2D eigenvalue weighted by molar-refractivity contribution is 5.75. The predicted octanol–water partition coefficient (Wildman–Crippen LogP) is 4.95. The minimum absolute atomic E-state index is 0.163. The Morgan fingerprint density at radius 2 is 1.93 bits per heavy atom. The van der Waals surface area contributed by atoms with Crippen molar-refractivity contribution in [3.05, 3.63) is 63.2 Å². The summed E-state index contributed by atoms with van der Waals surface area (Å²) in [6.45, 7) is 8.58. The normalized spacial score (nSPS) is 21.6. The monoisotopic (exact) mass is 380 g/mol. The molecule has 0 aliphatic carbocycles. The molecule has 0 saturated heterocycles. The molecule has 1 atom stereocenters. The van der Waals surface area contributed by atoms with Gasteiger partial charge in [0.05, 0.1) is 16.4 Å². The molecule has 0 fully saturated rings. The van der Waals surface area contributed by atoms with Gasteiger partial charge in [0.15, 0.2) is 11.5 Å². The number of phenols is 1. The standard InChI is InChI=1S/C22H24N2O4/c1-13(2)14-6-7-18-17(11-14)21(3,4)22(23(18)5)9-8-15-10-16(24(26)27)12-19(25)20(15)28-22/h6-13,25H,1-5H3/t22-/m1/s1. The summed E-state index contributed by atoms with van der Waals surface area (Å²) in [5, 5.41) is 21.5. The molecule has 4 rings (SSSR count). The average Bonchev–Trinajstić information content (AvgIpc) is 2.80. The van der Waals surface area contributed by atoms with Gasteiger partial charge in [0.2, 0.25) is 5.72 Å². The summed E-state index contributed by atoms with van der Waals surface area (Å²) in [7, 11) is 1.97. The topological polar surface area (TPSA) is 75.8 Å². The predicted molar refractivity (Wildman–Crippen MR) is 109 cm³/mol. The number of nitro groups is 1. The maximum absolute atomic E-state index is 11.1. The van der Waals surface area contributed by atoms with Crippen molar-refractivity contribution in [3.63, 3.8) is 0 Å². The van der Waals surface area contributed by atoms with Gasteiger partial charge in [-0.05, 0) is 49.1 Å². The summed E-state index contributed by atoms with van der Waals surface area (Å²) < 4.78 is 6.42. The number of ether oxygens (including phenoxy) is 1. The van der Waals surface area contributed by atoms with Crippen LogP contribution in [0, 0.1) is 10.1 Å². The molecule has 2 heterocycles. The van der Waals surface area contributed by atoms with E-state index >= 15 is 0 Å². The minimum atomic E-state index is -0.842. The summed E-state index contributed by atoms with van der Waals surface area (Å²) in [6.07, 6.45) is 3.74. The molecule has 0 unspecified atom stereocenters. The van der Waals surface area contributed by atoms with Crippen LogP contribution in [0.2, 0.25) is 0 Å². The molecule has 0 saturated carbocycles. The number of nitro benzene ring substituents is 1. The lowest BCUT2D eigenvalue weighted by atomic mass is 9.75. The van der Waals surface area contributed by atoms with Crippen molar-refractivity contribution < 1.29 is 14.8 Å². The minimum Gasteiger partial charge on any atom is -0.504 e. The number of likely N-dealkylation sites (N-methyl/N-ethyl adjacent to an activating group) is 1. The lowest BCUT2D eigenvalue weighted by Gasteiger charge is -2.45. The highest BCUT2D eigenvalue weighted by Gasteiger charge is 2.58. The summed E-state index contributed by atoms with van der Waals surface area (Å²) in [5.41, 5.74) is 2.59. The highest BCUT2D eigenvalue weighted by Crippen LogP contribution is 2.56. The summed E-state index contributed by atoms with van der Waals surface area (Å²) >= 11 is 0. The fraction of sp³-hybridized carbons (Fsp3) is 0.364. The van der Waals surface area contributed by atoms with Gasteiger partial charge in [-0.15, -0.1) is 0 Å². The summed E-state index contributed by atoms with van der Waals surface area (Å²) in [6, 6.07) is 9.04. The van der Waals surface area contributed by atoms with Crippen molar-refractivity contribution in [1.29, 1.82) is 0 Å². The number of hydrogen-bond acceptors (Lipinski definition) is 5. The van der Waals surface area contributed by atoms with Gasteiger partial charge < -0.3 is 14.7 Å². The molecule has 28 heavy (non-hydrogen) atoms. The van der Waals surface area contributed by atoms with E-state index in [2.05, 4.69) is 50.8 Å². The first kappa shape index (κ1) is 18.3. The molecule has 2 aromatic rings. The summed E-state index contributed by atoms with van der Waals surface area (Å²) in [4.78, 5) is 12.7. The van der Waals surface area contributed by atoms with Gasteiger partial charge in [0.1, 0.15) is 0 Å². The molecule has 1 spiro atoms. The molecular formula is C22H24N2O4. The third kappa shape index (κ3) is 2.27. The van der Waals surface area contributed by atoms with Gasteiger partial charge in [-0.1, -0.05) is 26.0 Å². The van der Waals surface area contributed by atoms with Crippen LogP contribution in [0.4, 0.5) is 11.4 Å². The van der Waals surface area contributed by atoms with Crippen LogP contribution in [0.1, 0.15) is 50.3 Å². The van der Waals surface area contributed by atoms with E-state index < -0.39 is 16.1 Å². The fourth-order valence-corrected chi connectivity index (χ4v) is 4.37. The Balaban J connectivity index is 1.86. The zero-order valence-corrected chi connectivity index (χ0v) is 16.7. The van der Waals surface area contributed by atoms with Crippen LogP contribution in [0.3, 0.4) is 0 Å². The van der Waals surface area contributed by atoms with Crippen molar-refractivity contribution in [2.24, 2.45) is 0 Å². The average molecular weight is 380 g/mol. The number of anilines is 1. The first-order valence-corrected chi connectivity index (χ1v) is 9.36. The van der Waals surface area contributed by atoms with Crippen molar-refractivity contribution >= 4 is 17.5 Å². The van der Waals surface area contributed by atoms with Crippen LogP contribution in [0.15, 0.2) is 36.4 Å². The van der Waals surface area contributed by atoms with E-state index in [-0.39, 0.29) is 17.2 Å². The Labute approximate surface area is 164 Å². The number of fused-ring (bicyclic) bond motifs is 2. The van der Waals surface area contributed by atoms with E-state index in [1.54, 1.807) is 6.08 Å². The van der Waals surface area contributed by atoms with E-state index in [1.807, 2.05) is 13.1 Å². The van der Waals surface area contributed by atoms with Gasteiger partial charge in [-0.2, -0.15) is 0 Å². The molecule has 0 aromatic heterocycles. The molecule has 0 radical (unpaired) electrons. The van der Waals surface area contributed by atoms with Crippen LogP contribution < -0.4 is 9.64 Å². The van der Waals surface area contributed by atoms with Gasteiger partial charge in [0, 0.05) is 24.4 Å². The van der Waals surface area contributed by atoms with Crippen molar-refractivity contribution in [2.75, 3.05) is 11.9 Å². The SMILES string of the molecule is CC(C)c1ccc2c(c1)C(C)(C)[C@]1(C=Cc3cc([N+](=O)[O-])cc(O)c3O1)N2C. The largest absolute Gasteiger partial charge is 0.504 e. The zero-order chi connectivity index (χ0) is 20.4. The first-order valence-electron chi connectivity index (χ1n) is 9.36. The second-order valence-electron chi connectivity index (χ2n) is 8.39.